The van der Waals surface area contributed by atoms with Gasteiger partial charge in [0.2, 0.25) is 0 Å². The first-order valence-corrected chi connectivity index (χ1v) is 42.8. The van der Waals surface area contributed by atoms with Gasteiger partial charge in [-0.1, -0.05) is 329 Å². The third-order valence-electron chi connectivity index (χ3n) is 17.9. The molecule has 0 aliphatic heterocycles. The van der Waals surface area contributed by atoms with Crippen LogP contribution in [0.1, 0.15) is 382 Å². The SMILES string of the molecule is CCCCCC/C=C\C=C/CCCCCCCC(=O)OC[C@H](COP(=O)(O)OC[C@@H](O)COP(=O)(O)OC[C@@H](COC(=O)CCCCCCCCCCC)OC(=O)CCCCCCCCCCCCCCC(C)C)OC(=O)CCCCCCCCCCCCCCCCC(C)CC. The molecule has 0 amide bonds. The van der Waals surface area contributed by atoms with Crippen LogP contribution in [0.4, 0.5) is 0 Å². The van der Waals surface area contributed by atoms with E-state index in [1.54, 1.807) is 0 Å². The van der Waals surface area contributed by atoms with E-state index in [9.17, 15) is 43.2 Å². The number of esters is 4. The predicted octanol–water partition coefficient (Wildman–Crippen LogP) is 22.7. The Morgan fingerprint density at radius 2 is 0.608 bits per heavy atom. The number of aliphatic hydroxyl groups excluding tert-OH is 1. The summed E-state index contributed by atoms with van der Waals surface area (Å²) in [5.41, 5.74) is 0. The second-order valence-electron chi connectivity index (χ2n) is 28.1. The van der Waals surface area contributed by atoms with E-state index in [1.165, 1.54) is 180 Å². The number of carbonyl (C=O) groups is 4. The zero-order valence-electron chi connectivity index (χ0n) is 62.9. The number of ether oxygens (including phenoxy) is 4. The van der Waals surface area contributed by atoms with Crippen molar-refractivity contribution < 1.29 is 80.2 Å². The van der Waals surface area contributed by atoms with Crippen LogP contribution in [0.15, 0.2) is 24.3 Å². The van der Waals surface area contributed by atoms with E-state index in [2.05, 4.69) is 65.8 Å². The monoisotopic (exact) mass is 1420 g/mol. The van der Waals surface area contributed by atoms with Gasteiger partial charge in [0.05, 0.1) is 26.4 Å². The molecule has 3 N–H and O–H groups in total. The number of allylic oxidation sites excluding steroid dienone is 4. The topological polar surface area (TPSA) is 237 Å². The van der Waals surface area contributed by atoms with Crippen LogP contribution in [-0.4, -0.2) is 96.7 Å². The Morgan fingerprint density at radius 3 is 0.928 bits per heavy atom. The largest absolute Gasteiger partial charge is 0.472 e. The quantitative estimate of drug-likeness (QED) is 0.0169. The van der Waals surface area contributed by atoms with E-state index in [1.807, 2.05) is 0 Å². The molecule has 19 heteroatoms. The Bertz CT molecular complexity index is 1970. The van der Waals surface area contributed by atoms with E-state index in [-0.39, 0.29) is 25.7 Å². The van der Waals surface area contributed by atoms with Crippen molar-refractivity contribution in [3.8, 4) is 0 Å². The summed E-state index contributed by atoms with van der Waals surface area (Å²) >= 11 is 0. The highest BCUT2D eigenvalue weighted by molar-refractivity contribution is 7.47. The number of aliphatic hydroxyl groups is 1. The number of phosphoric ester groups is 2. The highest BCUT2D eigenvalue weighted by Gasteiger charge is 2.30. The van der Waals surface area contributed by atoms with Crippen molar-refractivity contribution in [2.45, 2.75) is 400 Å². The molecule has 17 nitrogen and oxygen atoms in total. The number of hydrogen-bond acceptors (Lipinski definition) is 15. The smallest absolute Gasteiger partial charge is 0.462 e. The number of unbranched alkanes of at least 4 members (excludes halogenated alkanes) is 41. The maximum Gasteiger partial charge on any atom is 0.472 e. The van der Waals surface area contributed by atoms with Gasteiger partial charge in [-0.15, -0.1) is 0 Å². The molecule has 0 radical (unpaired) electrons. The molecule has 0 bridgehead atoms. The molecule has 0 aliphatic rings. The fourth-order valence-corrected chi connectivity index (χ4v) is 13.0. The zero-order valence-corrected chi connectivity index (χ0v) is 64.7. The minimum atomic E-state index is -4.97. The number of hydrogen-bond donors (Lipinski definition) is 3. The highest BCUT2D eigenvalue weighted by atomic mass is 31.2. The van der Waals surface area contributed by atoms with Crippen LogP contribution in [-0.2, 0) is 65.4 Å². The minimum Gasteiger partial charge on any atom is -0.462 e. The Morgan fingerprint density at radius 1 is 0.340 bits per heavy atom. The predicted molar refractivity (Wildman–Crippen MR) is 395 cm³/mol. The van der Waals surface area contributed by atoms with Crippen LogP contribution in [0.2, 0.25) is 0 Å². The summed E-state index contributed by atoms with van der Waals surface area (Å²) in [4.78, 5) is 72.8. The maximum atomic E-state index is 13.1. The summed E-state index contributed by atoms with van der Waals surface area (Å²) in [6, 6.07) is 0. The molecule has 0 heterocycles. The van der Waals surface area contributed by atoms with E-state index >= 15 is 0 Å². The van der Waals surface area contributed by atoms with Gasteiger partial charge in [0.1, 0.15) is 19.3 Å². The van der Waals surface area contributed by atoms with E-state index in [4.69, 9.17) is 37.0 Å². The van der Waals surface area contributed by atoms with Gasteiger partial charge in [-0.25, -0.2) is 9.13 Å². The molecule has 0 saturated heterocycles. The second kappa shape index (κ2) is 69.3. The number of phosphoric acid groups is 2. The summed E-state index contributed by atoms with van der Waals surface area (Å²) < 4.78 is 68.5. The molecule has 0 spiro atoms. The van der Waals surface area contributed by atoms with Crippen molar-refractivity contribution in [2.24, 2.45) is 11.8 Å². The van der Waals surface area contributed by atoms with E-state index in [0.717, 1.165) is 121 Å². The van der Waals surface area contributed by atoms with Crippen LogP contribution in [0, 0.1) is 11.8 Å². The van der Waals surface area contributed by atoms with Crippen molar-refractivity contribution in [1.29, 1.82) is 0 Å². The van der Waals surface area contributed by atoms with Gasteiger partial charge in [0.25, 0.3) is 0 Å². The third kappa shape index (κ3) is 70.4. The summed E-state index contributed by atoms with van der Waals surface area (Å²) in [5.74, 6) is -0.525. The highest BCUT2D eigenvalue weighted by Crippen LogP contribution is 2.45. The summed E-state index contributed by atoms with van der Waals surface area (Å²) in [6.45, 7) is 9.59. The third-order valence-corrected chi connectivity index (χ3v) is 19.8. The lowest BCUT2D eigenvalue weighted by Gasteiger charge is -2.21. The lowest BCUT2D eigenvalue weighted by atomic mass is 9.99. The Kier molecular flexibility index (Phi) is 67.5. The maximum absolute atomic E-state index is 13.1. The summed E-state index contributed by atoms with van der Waals surface area (Å²) in [5, 5.41) is 10.6. The van der Waals surface area contributed by atoms with Crippen molar-refractivity contribution in [1.82, 2.24) is 0 Å². The molecule has 572 valence electrons. The first-order chi connectivity index (χ1) is 46.9. The van der Waals surface area contributed by atoms with Crippen molar-refractivity contribution in [2.75, 3.05) is 39.6 Å². The average molecular weight is 1420 g/mol. The summed E-state index contributed by atoms with van der Waals surface area (Å²) in [6.07, 6.45) is 60.3. The molecule has 0 aromatic carbocycles. The molecular formula is C78H148O17P2. The van der Waals surface area contributed by atoms with E-state index < -0.39 is 97.5 Å². The number of rotatable bonds is 75. The van der Waals surface area contributed by atoms with Gasteiger partial charge in [-0.2, -0.15) is 0 Å². The normalized spacial score (nSPS) is 14.4. The first-order valence-electron chi connectivity index (χ1n) is 39.8. The standard InChI is InChI=1S/C78H148O17P2/c1-7-10-12-14-16-18-19-20-21-25-31-37-43-49-55-61-76(81)89-67-74(95-77(82)62-56-50-44-38-32-26-23-22-24-30-36-41-47-53-59-71(6)9-3)69-93-97(86,87)91-65-72(79)64-90-96(84,85)92-68-73(66-88-75(80)60-54-48-42-34-17-15-13-11-8-2)94-78(83)63-57-51-45-39-33-28-27-29-35-40-46-52-58-70(4)5/h18-21,70-74,79H,7-17,22-69H2,1-6H3,(H,84,85)(H,86,87)/b19-18-,21-20-/t71?,72-,73+,74+/m0/s1. The molecule has 0 fully saturated rings. The van der Waals surface area contributed by atoms with Gasteiger partial charge in [0.15, 0.2) is 12.2 Å². The van der Waals surface area contributed by atoms with Crippen LogP contribution in [0.25, 0.3) is 0 Å². The van der Waals surface area contributed by atoms with E-state index in [0.29, 0.717) is 25.7 Å². The molecule has 0 aromatic heterocycles. The van der Waals surface area contributed by atoms with Gasteiger partial charge in [-0.3, -0.25) is 37.3 Å². The van der Waals surface area contributed by atoms with Gasteiger partial charge < -0.3 is 33.8 Å². The second-order valence-corrected chi connectivity index (χ2v) is 31.0. The molecule has 0 aliphatic carbocycles. The minimum absolute atomic E-state index is 0.101. The van der Waals surface area contributed by atoms with Crippen LogP contribution in [0.5, 0.6) is 0 Å². The molecule has 97 heavy (non-hydrogen) atoms. The Hall–Kier alpha value is -2.46. The molecular weight excluding hydrogens is 1270 g/mol. The fraction of sp³-hybridized carbons (Fsp3) is 0.897. The Labute approximate surface area is 592 Å². The average Bonchev–Trinajstić information content (AvgIpc) is 2.07. The van der Waals surface area contributed by atoms with Crippen LogP contribution in [0.3, 0.4) is 0 Å². The van der Waals surface area contributed by atoms with Gasteiger partial charge in [-0.05, 0) is 63.2 Å². The molecule has 3 unspecified atom stereocenters. The number of carbonyl (C=O) groups excluding carboxylic acids is 4. The van der Waals surface area contributed by atoms with Gasteiger partial charge in [0, 0.05) is 25.7 Å². The molecule has 6 atom stereocenters. The molecule has 0 aromatic rings. The fourth-order valence-electron chi connectivity index (χ4n) is 11.4. The Balaban J connectivity index is 5.27. The molecule has 0 saturated carbocycles. The molecule has 0 rings (SSSR count). The lowest BCUT2D eigenvalue weighted by Crippen LogP contribution is -2.30. The van der Waals surface area contributed by atoms with Crippen molar-refractivity contribution >= 4 is 39.5 Å². The van der Waals surface area contributed by atoms with Crippen LogP contribution >= 0.6 is 15.6 Å². The summed E-state index contributed by atoms with van der Waals surface area (Å²) in [7, 11) is -9.92. The lowest BCUT2D eigenvalue weighted by molar-refractivity contribution is -0.161. The van der Waals surface area contributed by atoms with Crippen LogP contribution < -0.4 is 0 Å². The van der Waals surface area contributed by atoms with Crippen molar-refractivity contribution in [3.63, 3.8) is 0 Å². The first kappa shape index (κ1) is 94.5. The van der Waals surface area contributed by atoms with Crippen molar-refractivity contribution in [3.05, 3.63) is 24.3 Å². The van der Waals surface area contributed by atoms with Gasteiger partial charge >= 0.3 is 39.5 Å². The zero-order chi connectivity index (χ0) is 71.4.